The quantitative estimate of drug-likeness (QED) is 0.627. The van der Waals surface area contributed by atoms with Crippen molar-refractivity contribution in [2.75, 3.05) is 21.3 Å². The van der Waals surface area contributed by atoms with Gasteiger partial charge in [0.1, 0.15) is 5.75 Å². The van der Waals surface area contributed by atoms with E-state index in [9.17, 15) is 9.59 Å². The molecule has 0 saturated heterocycles. The van der Waals surface area contributed by atoms with E-state index in [-0.39, 0.29) is 0 Å². The Morgan fingerprint density at radius 2 is 1.67 bits per heavy atom. The molecule has 0 saturated carbocycles. The number of hydrogen-bond donors (Lipinski definition) is 0. The SMILES string of the molecule is COC(=O)C(C(=O)OC)c1ccc(Br)c(OC)c1. The monoisotopic (exact) mass is 316 g/mol. The fraction of sp³-hybridized carbons (Fsp3) is 0.333. The van der Waals surface area contributed by atoms with Crippen LogP contribution in [0.25, 0.3) is 0 Å². The molecule has 18 heavy (non-hydrogen) atoms. The molecule has 0 atom stereocenters. The van der Waals surface area contributed by atoms with Crippen LogP contribution in [0.15, 0.2) is 22.7 Å². The zero-order chi connectivity index (χ0) is 13.7. The molecule has 0 bridgehead atoms. The van der Waals surface area contributed by atoms with Gasteiger partial charge in [0.15, 0.2) is 5.92 Å². The second kappa shape index (κ2) is 6.39. The topological polar surface area (TPSA) is 61.8 Å². The predicted octanol–water partition coefficient (Wildman–Crippen LogP) is 1.89. The Labute approximate surface area is 113 Å². The molecule has 5 nitrogen and oxygen atoms in total. The van der Waals surface area contributed by atoms with Crippen molar-refractivity contribution in [1.82, 2.24) is 0 Å². The van der Waals surface area contributed by atoms with E-state index in [1.54, 1.807) is 18.2 Å². The average Bonchev–Trinajstić information content (AvgIpc) is 2.40. The summed E-state index contributed by atoms with van der Waals surface area (Å²) in [6.45, 7) is 0. The summed E-state index contributed by atoms with van der Waals surface area (Å²) >= 11 is 3.29. The number of ether oxygens (including phenoxy) is 3. The van der Waals surface area contributed by atoms with Gasteiger partial charge in [0.25, 0.3) is 0 Å². The molecule has 0 aliphatic rings. The summed E-state index contributed by atoms with van der Waals surface area (Å²) in [5.74, 6) is -1.94. The summed E-state index contributed by atoms with van der Waals surface area (Å²) in [6.07, 6.45) is 0. The lowest BCUT2D eigenvalue weighted by atomic mass is 9.99. The summed E-state index contributed by atoms with van der Waals surface area (Å²) in [5, 5.41) is 0. The van der Waals surface area contributed by atoms with E-state index in [1.807, 2.05) is 0 Å². The van der Waals surface area contributed by atoms with Crippen LogP contribution in [0.5, 0.6) is 5.75 Å². The van der Waals surface area contributed by atoms with Gasteiger partial charge in [0.2, 0.25) is 0 Å². The number of methoxy groups -OCH3 is 3. The minimum absolute atomic E-state index is 0.453. The first kappa shape index (κ1) is 14.5. The Hall–Kier alpha value is -1.56. The molecule has 0 unspecified atom stereocenters. The zero-order valence-electron chi connectivity index (χ0n) is 10.2. The van der Waals surface area contributed by atoms with E-state index >= 15 is 0 Å². The van der Waals surface area contributed by atoms with Crippen molar-refractivity contribution in [3.8, 4) is 5.75 Å². The first-order chi connectivity index (χ1) is 8.54. The number of esters is 2. The number of benzene rings is 1. The predicted molar refractivity (Wildman–Crippen MR) is 67.5 cm³/mol. The van der Waals surface area contributed by atoms with Crippen molar-refractivity contribution in [2.24, 2.45) is 0 Å². The van der Waals surface area contributed by atoms with Crippen LogP contribution in [0.4, 0.5) is 0 Å². The smallest absolute Gasteiger partial charge is 0.324 e. The van der Waals surface area contributed by atoms with Crippen LogP contribution in [0.1, 0.15) is 11.5 Å². The molecule has 0 amide bonds. The van der Waals surface area contributed by atoms with Crippen LogP contribution in [0, 0.1) is 0 Å². The first-order valence-corrected chi connectivity index (χ1v) is 5.83. The van der Waals surface area contributed by atoms with Crippen LogP contribution >= 0.6 is 15.9 Å². The molecule has 98 valence electrons. The maximum atomic E-state index is 11.6. The van der Waals surface area contributed by atoms with Gasteiger partial charge in [-0.2, -0.15) is 0 Å². The summed E-state index contributed by atoms with van der Waals surface area (Å²) in [4.78, 5) is 23.2. The van der Waals surface area contributed by atoms with Crippen molar-refractivity contribution in [3.05, 3.63) is 28.2 Å². The molecule has 0 fully saturated rings. The highest BCUT2D eigenvalue weighted by atomic mass is 79.9. The Morgan fingerprint density at radius 3 is 2.11 bits per heavy atom. The molecular weight excluding hydrogens is 304 g/mol. The number of rotatable bonds is 4. The Kier molecular flexibility index (Phi) is 5.15. The van der Waals surface area contributed by atoms with Gasteiger partial charge in [-0.3, -0.25) is 9.59 Å². The highest BCUT2D eigenvalue weighted by Gasteiger charge is 2.31. The molecule has 6 heteroatoms. The van der Waals surface area contributed by atoms with E-state index in [2.05, 4.69) is 25.4 Å². The van der Waals surface area contributed by atoms with Crippen LogP contribution in [0.2, 0.25) is 0 Å². The fourth-order valence-electron chi connectivity index (χ4n) is 1.46. The third kappa shape index (κ3) is 3.01. The van der Waals surface area contributed by atoms with Gasteiger partial charge in [0, 0.05) is 0 Å². The highest BCUT2D eigenvalue weighted by molar-refractivity contribution is 9.10. The standard InChI is InChI=1S/C12H13BrO5/c1-16-9-6-7(4-5-8(9)13)10(11(14)17-2)12(15)18-3/h4-6,10H,1-3H3. The van der Waals surface area contributed by atoms with Gasteiger partial charge >= 0.3 is 11.9 Å². The average molecular weight is 317 g/mol. The molecule has 0 heterocycles. The van der Waals surface area contributed by atoms with Gasteiger partial charge in [-0.25, -0.2) is 0 Å². The zero-order valence-corrected chi connectivity index (χ0v) is 11.8. The number of carbonyl (C=O) groups is 2. The molecule has 0 aliphatic carbocycles. The minimum atomic E-state index is -1.11. The second-order valence-corrected chi connectivity index (χ2v) is 4.23. The van der Waals surface area contributed by atoms with Gasteiger partial charge < -0.3 is 14.2 Å². The molecule has 1 rings (SSSR count). The van der Waals surface area contributed by atoms with E-state index < -0.39 is 17.9 Å². The van der Waals surface area contributed by atoms with E-state index in [1.165, 1.54) is 21.3 Å². The van der Waals surface area contributed by atoms with E-state index in [0.29, 0.717) is 11.3 Å². The molecule has 0 aliphatic heterocycles. The lowest BCUT2D eigenvalue weighted by molar-refractivity contribution is -0.154. The largest absolute Gasteiger partial charge is 0.496 e. The summed E-state index contributed by atoms with van der Waals surface area (Å²) in [6, 6.07) is 4.90. The minimum Gasteiger partial charge on any atom is -0.496 e. The maximum absolute atomic E-state index is 11.6. The molecule has 0 N–H and O–H groups in total. The molecule has 1 aromatic rings. The van der Waals surface area contributed by atoms with Crippen LogP contribution in [-0.2, 0) is 19.1 Å². The molecule has 0 radical (unpaired) electrons. The first-order valence-electron chi connectivity index (χ1n) is 5.04. The van der Waals surface area contributed by atoms with Crippen molar-refractivity contribution in [1.29, 1.82) is 0 Å². The van der Waals surface area contributed by atoms with E-state index in [4.69, 9.17) is 4.74 Å². The summed E-state index contributed by atoms with van der Waals surface area (Å²) < 4.78 is 15.0. The van der Waals surface area contributed by atoms with Crippen molar-refractivity contribution in [3.63, 3.8) is 0 Å². The van der Waals surface area contributed by atoms with Crippen molar-refractivity contribution < 1.29 is 23.8 Å². The van der Waals surface area contributed by atoms with E-state index in [0.717, 1.165) is 4.47 Å². The Balaban J connectivity index is 3.21. The summed E-state index contributed by atoms with van der Waals surface area (Å²) in [7, 11) is 3.93. The number of halogens is 1. The van der Waals surface area contributed by atoms with Crippen molar-refractivity contribution >= 4 is 27.9 Å². The molecule has 0 spiro atoms. The lowest BCUT2D eigenvalue weighted by Crippen LogP contribution is -2.24. The third-order valence-electron chi connectivity index (χ3n) is 2.38. The Bertz CT molecular complexity index is 442. The highest BCUT2D eigenvalue weighted by Crippen LogP contribution is 2.30. The van der Waals surface area contributed by atoms with Crippen LogP contribution in [-0.4, -0.2) is 33.3 Å². The molecular formula is C12H13BrO5. The van der Waals surface area contributed by atoms with Gasteiger partial charge in [-0.15, -0.1) is 0 Å². The van der Waals surface area contributed by atoms with Gasteiger partial charge in [-0.1, -0.05) is 6.07 Å². The lowest BCUT2D eigenvalue weighted by Gasteiger charge is -2.14. The van der Waals surface area contributed by atoms with Gasteiger partial charge in [-0.05, 0) is 33.6 Å². The maximum Gasteiger partial charge on any atom is 0.324 e. The molecule has 0 aromatic heterocycles. The van der Waals surface area contributed by atoms with Crippen molar-refractivity contribution in [2.45, 2.75) is 5.92 Å². The van der Waals surface area contributed by atoms with Crippen LogP contribution in [0.3, 0.4) is 0 Å². The number of hydrogen-bond acceptors (Lipinski definition) is 5. The third-order valence-corrected chi connectivity index (χ3v) is 3.04. The van der Waals surface area contributed by atoms with Crippen LogP contribution < -0.4 is 4.74 Å². The normalized spacial score (nSPS) is 10.1. The molecule has 1 aromatic carbocycles. The second-order valence-electron chi connectivity index (χ2n) is 3.37. The Morgan fingerprint density at radius 1 is 1.11 bits per heavy atom. The fourth-order valence-corrected chi connectivity index (χ4v) is 1.87. The number of carbonyl (C=O) groups excluding carboxylic acids is 2. The summed E-state index contributed by atoms with van der Waals surface area (Å²) in [5.41, 5.74) is 0.453. The van der Waals surface area contributed by atoms with Gasteiger partial charge in [0.05, 0.1) is 25.8 Å².